The molecule has 11 nitrogen and oxygen atoms in total. The third kappa shape index (κ3) is 5.39. The molecule has 0 spiro atoms. The van der Waals surface area contributed by atoms with Gasteiger partial charge in [-0.15, -0.1) is 0 Å². The second-order valence-corrected chi connectivity index (χ2v) is 10.7. The fraction of sp³-hybridized carbons (Fsp3) is 0.467. The topological polar surface area (TPSA) is 124 Å². The Hall–Kier alpha value is -3.96. The van der Waals surface area contributed by atoms with Crippen LogP contribution in [0.1, 0.15) is 41.8 Å². The molecule has 1 aromatic carbocycles. The number of amides is 1. The number of carbonyl (C=O) groups is 2. The van der Waals surface area contributed by atoms with Gasteiger partial charge < -0.3 is 34.3 Å². The van der Waals surface area contributed by atoms with Crippen molar-refractivity contribution in [1.82, 2.24) is 14.9 Å². The molecular weight excluding hydrogens is 526 g/mol. The highest BCUT2D eigenvalue weighted by atomic mass is 16.5. The van der Waals surface area contributed by atoms with Crippen molar-refractivity contribution in [2.45, 2.75) is 45.8 Å². The highest BCUT2D eigenvalue weighted by Crippen LogP contribution is 2.33. The predicted octanol–water partition coefficient (Wildman–Crippen LogP) is 2.48. The Morgan fingerprint density at radius 1 is 1.20 bits per heavy atom. The van der Waals surface area contributed by atoms with Crippen molar-refractivity contribution in [3.8, 4) is 5.75 Å². The average Bonchev–Trinajstić information content (AvgIpc) is 3.62. The van der Waals surface area contributed by atoms with Crippen molar-refractivity contribution >= 4 is 34.4 Å². The van der Waals surface area contributed by atoms with Crippen LogP contribution in [-0.4, -0.2) is 67.1 Å². The molecule has 0 radical (unpaired) electrons. The maximum Gasteiger partial charge on any atom is 0.343 e. The lowest BCUT2D eigenvalue weighted by Gasteiger charge is -2.20. The monoisotopic (exact) mass is 561 g/mol. The molecule has 1 saturated heterocycles. The minimum atomic E-state index is -0.569. The number of benzene rings is 1. The summed E-state index contributed by atoms with van der Waals surface area (Å²) in [5.74, 6) is 1.44. The summed E-state index contributed by atoms with van der Waals surface area (Å²) in [6.07, 6.45) is 4.45. The molecule has 1 amide bonds. The van der Waals surface area contributed by atoms with Gasteiger partial charge in [-0.2, -0.15) is 0 Å². The summed E-state index contributed by atoms with van der Waals surface area (Å²) in [5, 5.41) is 6.94. The van der Waals surface area contributed by atoms with Crippen molar-refractivity contribution in [2.75, 3.05) is 49.8 Å². The second-order valence-electron chi connectivity index (χ2n) is 10.7. The zero-order valence-electron chi connectivity index (χ0n) is 23.4. The van der Waals surface area contributed by atoms with Gasteiger partial charge in [0.1, 0.15) is 18.1 Å². The highest BCUT2D eigenvalue weighted by Gasteiger charge is 2.28. The zero-order chi connectivity index (χ0) is 28.5. The number of fused-ring (bicyclic) bond motifs is 4. The molecule has 3 aromatic rings. The summed E-state index contributed by atoms with van der Waals surface area (Å²) in [5.41, 5.74) is 3.24. The first-order chi connectivity index (χ1) is 19.9. The van der Waals surface area contributed by atoms with E-state index in [0.29, 0.717) is 36.1 Å². The van der Waals surface area contributed by atoms with Crippen molar-refractivity contribution in [3.05, 3.63) is 57.4 Å². The first kappa shape index (κ1) is 27.2. The van der Waals surface area contributed by atoms with Crippen molar-refractivity contribution in [1.29, 1.82) is 0 Å². The van der Waals surface area contributed by atoms with Crippen LogP contribution in [0.4, 0.5) is 11.6 Å². The lowest BCUT2D eigenvalue weighted by Crippen LogP contribution is -2.29. The number of aryl methyl sites for hydroxylation is 1. The van der Waals surface area contributed by atoms with Crippen LogP contribution in [0.3, 0.4) is 0 Å². The summed E-state index contributed by atoms with van der Waals surface area (Å²) in [4.78, 5) is 43.8. The van der Waals surface area contributed by atoms with Gasteiger partial charge in [-0.1, -0.05) is 6.07 Å². The minimum absolute atomic E-state index is 0.0111. The molecule has 6 rings (SSSR count). The van der Waals surface area contributed by atoms with Gasteiger partial charge in [0.15, 0.2) is 18.2 Å². The molecule has 2 N–H and O–H groups in total. The summed E-state index contributed by atoms with van der Waals surface area (Å²) < 4.78 is 18.5. The van der Waals surface area contributed by atoms with Gasteiger partial charge >= 0.3 is 5.97 Å². The van der Waals surface area contributed by atoms with E-state index in [9.17, 15) is 14.4 Å². The molecule has 4 heterocycles. The maximum atomic E-state index is 13.2. The number of carbonyl (C=O) groups excluding carboxylic acids is 2. The van der Waals surface area contributed by atoms with E-state index in [1.54, 1.807) is 13.1 Å². The van der Waals surface area contributed by atoms with Crippen molar-refractivity contribution in [3.63, 3.8) is 0 Å². The van der Waals surface area contributed by atoms with Gasteiger partial charge in [0.25, 0.3) is 5.91 Å². The molecule has 1 fully saturated rings. The van der Waals surface area contributed by atoms with Gasteiger partial charge in [-0.25, -0.2) is 9.78 Å². The standard InChI is InChI=1S/C30H35N5O6/c1-3-34-15-23(30(38)39-4-2)28(37)21-6-5-19-11-18(12-22(19)27(21)34)13-31-10-9-20-14-35(17-41-20)25-8-7-24-29(32-25)33-26(36)16-40-24/h5-8,15,18,20,31H,3-4,9-14,16-17H2,1-2H3,(H,32,33,36). The van der Waals surface area contributed by atoms with Crippen LogP contribution < -0.4 is 25.7 Å². The van der Waals surface area contributed by atoms with Gasteiger partial charge in [-0.3, -0.25) is 9.59 Å². The molecule has 216 valence electrons. The maximum absolute atomic E-state index is 13.2. The molecular formula is C30H35N5O6. The van der Waals surface area contributed by atoms with E-state index in [1.807, 2.05) is 35.8 Å². The Morgan fingerprint density at radius 2 is 2.07 bits per heavy atom. The van der Waals surface area contributed by atoms with Crippen molar-refractivity contribution < 1.29 is 23.8 Å². The van der Waals surface area contributed by atoms with Gasteiger partial charge in [0, 0.05) is 24.7 Å². The number of ether oxygens (including phenoxy) is 3. The van der Waals surface area contributed by atoms with Gasteiger partial charge in [-0.05, 0) is 81.4 Å². The average molecular weight is 562 g/mol. The normalized spacial score (nSPS) is 19.6. The number of rotatable bonds is 9. The van der Waals surface area contributed by atoms with E-state index < -0.39 is 5.97 Å². The smallest absolute Gasteiger partial charge is 0.343 e. The van der Waals surface area contributed by atoms with Gasteiger partial charge in [0.2, 0.25) is 5.43 Å². The quantitative estimate of drug-likeness (QED) is 0.300. The zero-order valence-corrected chi connectivity index (χ0v) is 23.4. The molecule has 2 aliphatic heterocycles. The summed E-state index contributed by atoms with van der Waals surface area (Å²) >= 11 is 0. The van der Waals surface area contributed by atoms with Crippen LogP contribution in [0.5, 0.6) is 5.75 Å². The molecule has 11 heteroatoms. The van der Waals surface area contributed by atoms with Gasteiger partial charge in [0.05, 0.1) is 18.2 Å². The third-order valence-electron chi connectivity index (χ3n) is 8.03. The summed E-state index contributed by atoms with van der Waals surface area (Å²) in [6.45, 7) is 7.54. The molecule has 1 aliphatic carbocycles. The van der Waals surface area contributed by atoms with E-state index in [0.717, 1.165) is 50.2 Å². The number of hydrogen-bond donors (Lipinski definition) is 2. The fourth-order valence-electron chi connectivity index (χ4n) is 6.03. The molecule has 3 aliphatic rings. The predicted molar refractivity (Wildman–Crippen MR) is 154 cm³/mol. The number of pyridine rings is 2. The Labute approximate surface area is 237 Å². The Balaban J connectivity index is 1.04. The van der Waals surface area contributed by atoms with E-state index in [-0.39, 0.29) is 36.2 Å². The first-order valence-electron chi connectivity index (χ1n) is 14.3. The largest absolute Gasteiger partial charge is 0.480 e. The number of aromatic nitrogens is 2. The molecule has 0 saturated carbocycles. The molecule has 2 atom stereocenters. The van der Waals surface area contributed by atoms with Crippen LogP contribution in [0.15, 0.2) is 35.3 Å². The fourth-order valence-corrected chi connectivity index (χ4v) is 6.03. The van der Waals surface area contributed by atoms with Crippen LogP contribution >= 0.6 is 0 Å². The molecule has 0 bridgehead atoms. The Bertz CT molecular complexity index is 1550. The number of hydrogen-bond acceptors (Lipinski definition) is 9. The van der Waals surface area contributed by atoms with E-state index in [1.165, 1.54) is 11.1 Å². The van der Waals surface area contributed by atoms with E-state index >= 15 is 0 Å². The number of nitrogens with one attached hydrogen (secondary N) is 2. The SMILES string of the molecule is CCOC(=O)c1cn(CC)c2c3c(ccc2c1=O)CC(CNCCC1CN(c2ccc4c(n2)NC(=O)CO4)CO1)C3. The molecule has 41 heavy (non-hydrogen) atoms. The second kappa shape index (κ2) is 11.5. The van der Waals surface area contributed by atoms with Crippen LogP contribution in [0.2, 0.25) is 0 Å². The highest BCUT2D eigenvalue weighted by molar-refractivity contribution is 5.95. The minimum Gasteiger partial charge on any atom is -0.480 e. The first-order valence-corrected chi connectivity index (χ1v) is 14.3. The Morgan fingerprint density at radius 3 is 2.90 bits per heavy atom. The van der Waals surface area contributed by atoms with Crippen LogP contribution in [0, 0.1) is 5.92 Å². The van der Waals surface area contributed by atoms with E-state index in [2.05, 4.69) is 20.5 Å². The molecule has 2 unspecified atom stereocenters. The number of anilines is 2. The van der Waals surface area contributed by atoms with Crippen LogP contribution in [0.25, 0.3) is 10.9 Å². The lowest BCUT2D eigenvalue weighted by atomic mass is 10.0. The number of nitrogens with zero attached hydrogens (tertiary/aromatic N) is 3. The summed E-state index contributed by atoms with van der Waals surface area (Å²) in [7, 11) is 0. The van der Waals surface area contributed by atoms with Crippen LogP contribution in [-0.2, 0) is 33.7 Å². The Kier molecular flexibility index (Phi) is 7.63. The molecule has 2 aromatic heterocycles. The number of esters is 1. The lowest BCUT2D eigenvalue weighted by molar-refractivity contribution is -0.118. The van der Waals surface area contributed by atoms with Crippen molar-refractivity contribution in [2.24, 2.45) is 5.92 Å². The van der Waals surface area contributed by atoms with E-state index in [4.69, 9.17) is 14.2 Å². The third-order valence-corrected chi connectivity index (χ3v) is 8.03. The summed E-state index contributed by atoms with van der Waals surface area (Å²) in [6, 6.07) is 7.62.